The molecule has 30 heavy (non-hydrogen) atoms. The first kappa shape index (κ1) is 21.2. The van der Waals surface area contributed by atoms with Gasteiger partial charge in [0.05, 0.1) is 6.42 Å². The van der Waals surface area contributed by atoms with Gasteiger partial charge in [-0.1, -0.05) is 42.5 Å². The van der Waals surface area contributed by atoms with Crippen molar-refractivity contribution in [3.05, 3.63) is 78.1 Å². The molecule has 6 nitrogen and oxygen atoms in total. The molecule has 3 aromatic rings. The first-order chi connectivity index (χ1) is 14.5. The molecule has 6 heteroatoms. The van der Waals surface area contributed by atoms with Gasteiger partial charge in [0.2, 0.25) is 0 Å². The number of furan rings is 1. The summed E-state index contributed by atoms with van der Waals surface area (Å²) in [6.45, 7) is 0.0980. The lowest BCUT2D eigenvalue weighted by atomic mass is 10.2. The van der Waals surface area contributed by atoms with Crippen molar-refractivity contribution < 1.29 is 18.7 Å². The summed E-state index contributed by atoms with van der Waals surface area (Å²) in [4.78, 5) is 25.8. The normalized spacial score (nSPS) is 10.5. The Morgan fingerprint density at radius 3 is 2.40 bits per heavy atom. The van der Waals surface area contributed by atoms with Gasteiger partial charge >= 0.3 is 5.97 Å². The van der Waals surface area contributed by atoms with E-state index in [1.54, 1.807) is 0 Å². The summed E-state index contributed by atoms with van der Waals surface area (Å²) in [5, 5.41) is 2.75. The number of amides is 1. The number of aryl methyl sites for hydroxylation is 1. The molecule has 0 aliphatic carbocycles. The van der Waals surface area contributed by atoms with Gasteiger partial charge < -0.3 is 19.4 Å². The van der Waals surface area contributed by atoms with Gasteiger partial charge in [-0.2, -0.15) is 0 Å². The lowest BCUT2D eigenvalue weighted by molar-refractivity contribution is -0.148. The topological polar surface area (TPSA) is 71.8 Å². The van der Waals surface area contributed by atoms with Crippen molar-refractivity contribution in [3.63, 3.8) is 0 Å². The molecule has 0 unspecified atom stereocenters. The Bertz CT molecular complexity index is 962. The number of nitrogens with zero attached hydrogens (tertiary/aromatic N) is 1. The monoisotopic (exact) mass is 406 g/mol. The smallest absolute Gasteiger partial charge is 0.306 e. The Labute approximate surface area is 176 Å². The molecule has 156 valence electrons. The predicted molar refractivity (Wildman–Crippen MR) is 116 cm³/mol. The number of hydrogen-bond donors (Lipinski definition) is 1. The number of nitrogens with one attached hydrogen (secondary N) is 1. The SMILES string of the molecule is CN(C)c1ccc(CNC(=O)COC(=O)CCc2ccc(-c3ccccc3)o2)cc1. The summed E-state index contributed by atoms with van der Waals surface area (Å²) in [5.41, 5.74) is 3.05. The third-order valence-electron chi connectivity index (χ3n) is 4.60. The van der Waals surface area contributed by atoms with Crippen LogP contribution < -0.4 is 10.2 Å². The molecule has 0 spiro atoms. The molecule has 0 bridgehead atoms. The second-order valence-corrected chi connectivity index (χ2v) is 7.13. The second kappa shape index (κ2) is 10.3. The van der Waals surface area contributed by atoms with Crippen molar-refractivity contribution >= 4 is 17.6 Å². The zero-order valence-corrected chi connectivity index (χ0v) is 17.3. The second-order valence-electron chi connectivity index (χ2n) is 7.13. The molecule has 1 N–H and O–H groups in total. The average molecular weight is 406 g/mol. The standard InChI is InChI=1S/C24H26N2O4/c1-26(2)20-10-8-18(9-11-20)16-25-23(27)17-29-24(28)15-13-21-12-14-22(30-21)19-6-4-3-5-7-19/h3-12,14H,13,15-17H2,1-2H3,(H,25,27). The van der Waals surface area contributed by atoms with Crippen molar-refractivity contribution in [1.82, 2.24) is 5.32 Å². The van der Waals surface area contributed by atoms with Crippen LogP contribution in [0, 0.1) is 0 Å². The maximum Gasteiger partial charge on any atom is 0.306 e. The lowest BCUT2D eigenvalue weighted by Crippen LogP contribution is -2.28. The van der Waals surface area contributed by atoms with Gasteiger partial charge in [-0.3, -0.25) is 9.59 Å². The molecule has 1 aromatic heterocycles. The predicted octanol–water partition coefficient (Wildman–Crippen LogP) is 3.80. The summed E-state index contributed by atoms with van der Waals surface area (Å²) in [6.07, 6.45) is 0.576. The zero-order valence-electron chi connectivity index (χ0n) is 17.3. The van der Waals surface area contributed by atoms with Gasteiger partial charge in [0.15, 0.2) is 6.61 Å². The number of carbonyl (C=O) groups is 2. The van der Waals surface area contributed by atoms with Gasteiger partial charge in [-0.05, 0) is 29.8 Å². The number of rotatable bonds is 9. The molecular weight excluding hydrogens is 380 g/mol. The van der Waals surface area contributed by atoms with E-state index in [9.17, 15) is 9.59 Å². The maximum absolute atomic E-state index is 11.9. The van der Waals surface area contributed by atoms with Crippen LogP contribution in [0.3, 0.4) is 0 Å². The molecular formula is C24H26N2O4. The van der Waals surface area contributed by atoms with E-state index >= 15 is 0 Å². The molecule has 2 aromatic carbocycles. The molecule has 0 aliphatic heterocycles. The highest BCUT2D eigenvalue weighted by molar-refractivity contribution is 5.80. The highest BCUT2D eigenvalue weighted by Gasteiger charge is 2.10. The Hall–Kier alpha value is -3.54. The molecule has 0 atom stereocenters. The lowest BCUT2D eigenvalue weighted by Gasteiger charge is -2.13. The molecule has 0 saturated heterocycles. The fourth-order valence-electron chi connectivity index (χ4n) is 2.88. The van der Waals surface area contributed by atoms with Crippen LogP contribution in [0.25, 0.3) is 11.3 Å². The average Bonchev–Trinajstić information content (AvgIpc) is 3.25. The van der Waals surface area contributed by atoms with Crippen molar-refractivity contribution in [2.24, 2.45) is 0 Å². The van der Waals surface area contributed by atoms with E-state index in [0.29, 0.717) is 18.7 Å². The van der Waals surface area contributed by atoms with Gasteiger partial charge in [0.25, 0.3) is 5.91 Å². The first-order valence-corrected chi connectivity index (χ1v) is 9.84. The summed E-state index contributed by atoms with van der Waals surface area (Å²) < 4.78 is 10.8. The van der Waals surface area contributed by atoms with Crippen molar-refractivity contribution in [3.8, 4) is 11.3 Å². The quantitative estimate of drug-likeness (QED) is 0.547. The zero-order chi connectivity index (χ0) is 21.3. The third-order valence-corrected chi connectivity index (χ3v) is 4.60. The van der Waals surface area contributed by atoms with Crippen molar-refractivity contribution in [2.75, 3.05) is 25.6 Å². The molecule has 3 rings (SSSR count). The Kier molecular flexibility index (Phi) is 7.27. The van der Waals surface area contributed by atoms with E-state index in [2.05, 4.69) is 5.32 Å². The first-order valence-electron chi connectivity index (χ1n) is 9.84. The molecule has 0 radical (unpaired) electrons. The Balaban J connectivity index is 1.36. The summed E-state index contributed by atoms with van der Waals surface area (Å²) >= 11 is 0. The fraction of sp³-hybridized carbons (Fsp3) is 0.250. The van der Waals surface area contributed by atoms with E-state index < -0.39 is 5.97 Å². The van der Waals surface area contributed by atoms with E-state index in [1.165, 1.54) is 0 Å². The van der Waals surface area contributed by atoms with Gasteiger partial charge in [-0.15, -0.1) is 0 Å². The summed E-state index contributed by atoms with van der Waals surface area (Å²) in [5.74, 6) is 0.705. The number of ether oxygens (including phenoxy) is 1. The summed E-state index contributed by atoms with van der Waals surface area (Å²) in [6, 6.07) is 21.4. The highest BCUT2D eigenvalue weighted by atomic mass is 16.5. The summed E-state index contributed by atoms with van der Waals surface area (Å²) in [7, 11) is 3.94. The third kappa shape index (κ3) is 6.24. The van der Waals surface area contributed by atoms with Gasteiger partial charge in [0.1, 0.15) is 11.5 Å². The van der Waals surface area contributed by atoms with Crippen LogP contribution in [-0.4, -0.2) is 32.6 Å². The maximum atomic E-state index is 11.9. The van der Waals surface area contributed by atoms with Crippen LogP contribution in [-0.2, 0) is 27.3 Å². The van der Waals surface area contributed by atoms with E-state index in [-0.39, 0.29) is 18.9 Å². The number of carbonyl (C=O) groups excluding carboxylic acids is 2. The fourth-order valence-corrected chi connectivity index (χ4v) is 2.88. The number of benzene rings is 2. The van der Waals surface area contributed by atoms with E-state index in [1.807, 2.05) is 85.7 Å². The Morgan fingerprint density at radius 1 is 0.967 bits per heavy atom. The van der Waals surface area contributed by atoms with Crippen LogP contribution in [0.4, 0.5) is 5.69 Å². The van der Waals surface area contributed by atoms with Crippen molar-refractivity contribution in [1.29, 1.82) is 0 Å². The van der Waals surface area contributed by atoms with Crippen molar-refractivity contribution in [2.45, 2.75) is 19.4 Å². The van der Waals surface area contributed by atoms with Gasteiger partial charge in [0, 0.05) is 38.3 Å². The molecule has 0 aliphatic rings. The van der Waals surface area contributed by atoms with Crippen LogP contribution in [0.1, 0.15) is 17.7 Å². The van der Waals surface area contributed by atoms with E-state index in [4.69, 9.17) is 9.15 Å². The minimum absolute atomic E-state index is 0.154. The Morgan fingerprint density at radius 2 is 1.70 bits per heavy atom. The molecule has 1 amide bonds. The number of anilines is 1. The molecule has 0 saturated carbocycles. The van der Waals surface area contributed by atoms with Gasteiger partial charge in [-0.25, -0.2) is 0 Å². The largest absolute Gasteiger partial charge is 0.461 e. The minimum atomic E-state index is -0.432. The van der Waals surface area contributed by atoms with Crippen LogP contribution in [0.5, 0.6) is 0 Å². The molecule has 0 fully saturated rings. The molecule has 1 heterocycles. The van der Waals surface area contributed by atoms with Crippen LogP contribution in [0.2, 0.25) is 0 Å². The van der Waals surface area contributed by atoms with Crippen LogP contribution >= 0.6 is 0 Å². The van der Waals surface area contributed by atoms with Crippen LogP contribution in [0.15, 0.2) is 71.1 Å². The number of hydrogen-bond acceptors (Lipinski definition) is 5. The van der Waals surface area contributed by atoms with E-state index in [0.717, 1.165) is 22.6 Å². The minimum Gasteiger partial charge on any atom is -0.461 e. The highest BCUT2D eigenvalue weighted by Crippen LogP contribution is 2.22. The number of esters is 1.